The van der Waals surface area contributed by atoms with Crippen molar-refractivity contribution in [2.24, 2.45) is 42.3 Å². The van der Waals surface area contributed by atoms with Gasteiger partial charge in [0, 0.05) is 59.9 Å². The van der Waals surface area contributed by atoms with Gasteiger partial charge in [-0.05, 0) is 106 Å². The van der Waals surface area contributed by atoms with Crippen LogP contribution >= 0.6 is 180 Å². The molecule has 0 spiro atoms. The van der Waals surface area contributed by atoms with Crippen LogP contribution in [0.3, 0.4) is 0 Å². The molecule has 121 heavy (non-hydrogen) atoms. The second-order valence-electron chi connectivity index (χ2n) is 20.9. The van der Waals surface area contributed by atoms with E-state index in [0.29, 0.717) is 20.5 Å². The van der Waals surface area contributed by atoms with Gasteiger partial charge in [-0.2, -0.15) is 116 Å². The standard InChI is InChI=1S/C11H13Cl2N5O2S.C7H11N3O4S.C7H11N3O2S.C7H13N3O2S.C4HCl3N2.C4H4ClN3O2.C4H5N3O2.C3H3N3O2.C3H8S.CH3I.5CH4S.7CH4/c1-6(2)21(19,20)10-8(5-18(3)17-10)15-9-7(12)4-14-11(13)16-9;1-5(2)15(13,14)7-6(10(11)12)4-9(3)8-7;1-5(2)13-7-6(10(11)12)4-9(3)8-7;1-5(2)13(11,12)7-6(8)4-10(3)9-7;5-2-1-8-4(7)9-3(2)6;1-7-2-3(8(9)10)4(5)6-7;1-6-3-4(2-5-6)7(8)9;7-6(8)3-1-4-5-2-3;1-3(2)4;6*1-2;;;;;;;/h4-6H,1-3H3,(H,14,15,16);4-5H,1-3H3;4-5H,1-3H3;4-5H,8H2,1-3H3;1H;2H,1H3;2-3H,1H3;1-2H,(H,4,5);3-4H,1-2H3;1H3;5*2H,1H3;7*1H4. The van der Waals surface area contributed by atoms with Gasteiger partial charge in [0.25, 0.3) is 5.03 Å². The molecule has 0 bridgehead atoms. The highest BCUT2D eigenvalue weighted by Gasteiger charge is 2.33. The van der Waals surface area contributed by atoms with Gasteiger partial charge in [0.1, 0.15) is 42.2 Å². The number of aromatic amines is 1. The van der Waals surface area contributed by atoms with Gasteiger partial charge in [0.05, 0.1) is 75.4 Å². The van der Waals surface area contributed by atoms with E-state index in [9.17, 15) is 75.8 Å². The van der Waals surface area contributed by atoms with Crippen LogP contribution in [0.15, 0.2) is 88.3 Å². The highest BCUT2D eigenvalue weighted by atomic mass is 127. The van der Waals surface area contributed by atoms with E-state index in [1.165, 1.54) is 112 Å². The number of thiol groups is 6. The minimum Gasteiger partial charge on any atom is -0.395 e. The van der Waals surface area contributed by atoms with E-state index in [0.717, 1.165) is 17.1 Å². The number of anilines is 3. The zero-order chi connectivity index (χ0) is 90.8. The molecule has 702 valence electrons. The van der Waals surface area contributed by atoms with Crippen molar-refractivity contribution in [2.75, 3.05) is 47.3 Å². The lowest BCUT2D eigenvalue weighted by Crippen LogP contribution is -2.16. The number of nitro groups is 5. The van der Waals surface area contributed by atoms with Crippen LogP contribution < -0.4 is 11.1 Å². The molecule has 41 nitrogen and oxygen atoms in total. The normalized spacial score (nSPS) is 9.45. The molecule has 58 heteroatoms. The van der Waals surface area contributed by atoms with Gasteiger partial charge in [-0.25, -0.2) is 40.2 Å². The van der Waals surface area contributed by atoms with Gasteiger partial charge in [-0.15, -0.1) is 0 Å². The summed E-state index contributed by atoms with van der Waals surface area (Å²) >= 11 is 58.5. The number of aryl methyl sites for hydroxylation is 6. The molecule has 0 fully saturated rings. The summed E-state index contributed by atoms with van der Waals surface area (Å²) in [7, 11) is -1.02. The van der Waals surface area contributed by atoms with Crippen LogP contribution in [0.5, 0.6) is 0 Å². The molecule has 9 heterocycles. The Morgan fingerprint density at radius 2 is 0.810 bits per heavy atom. The lowest BCUT2D eigenvalue weighted by Gasteiger charge is -2.09. The molecule has 0 atom stereocenters. The Morgan fingerprint density at radius 3 is 1.12 bits per heavy atom. The van der Waals surface area contributed by atoms with Gasteiger partial charge in [-0.3, -0.25) is 83.8 Å². The molecule has 0 unspecified atom stereocenters. The van der Waals surface area contributed by atoms with Gasteiger partial charge in [0.2, 0.25) is 50.3 Å². The Kier molecular flexibility index (Phi) is 89.4. The number of hydrogen-bond donors (Lipinski definition) is 9. The first-order valence-electron chi connectivity index (χ1n) is 30.6. The molecule has 0 radical (unpaired) electrons. The first-order chi connectivity index (χ1) is 52.9. The Bertz CT molecular complexity index is 4660. The average Bonchev–Trinajstić information content (AvgIpc) is 1.66. The molecule has 4 N–H and O–H groups in total. The molecule has 0 aromatic carbocycles. The van der Waals surface area contributed by atoms with Crippen LogP contribution in [0.2, 0.25) is 30.9 Å². The van der Waals surface area contributed by atoms with E-state index in [-0.39, 0.29) is 128 Å². The van der Waals surface area contributed by atoms with Gasteiger partial charge in [-0.1, -0.05) is 160 Å². The number of alkyl halides is 1. The Hall–Kier alpha value is -6.00. The lowest BCUT2D eigenvalue weighted by atomic mass is 10.5. The highest BCUT2D eigenvalue weighted by Crippen LogP contribution is 2.32. The molecule has 0 aliphatic carbocycles. The Balaban J connectivity index is -0.0000000982. The fourth-order valence-corrected chi connectivity index (χ4v) is 11.2. The third kappa shape index (κ3) is 55.9. The average molecular weight is 2140 g/mol. The second kappa shape index (κ2) is 75.3. The number of nitrogens with one attached hydrogen (secondary N) is 2. The summed E-state index contributed by atoms with van der Waals surface area (Å²) in [5.74, 6) is 0.213. The topological polar surface area (TPSA) is 543 Å². The van der Waals surface area contributed by atoms with E-state index < -0.39 is 80.6 Å². The number of nitrogens with two attached hydrogens (primary N) is 1. The third-order valence-corrected chi connectivity index (χ3v) is 19.6. The van der Waals surface area contributed by atoms with Crippen LogP contribution in [-0.4, -0.2) is 201 Å². The van der Waals surface area contributed by atoms with Crippen molar-refractivity contribution in [1.29, 1.82) is 0 Å². The number of thioether (sulfide) groups is 1. The number of H-pyrrole nitrogens is 1. The van der Waals surface area contributed by atoms with Crippen LogP contribution in [0, 0.1) is 50.6 Å². The van der Waals surface area contributed by atoms with Crippen LogP contribution in [0.4, 0.5) is 45.6 Å². The first kappa shape index (κ1) is 144. The van der Waals surface area contributed by atoms with Crippen molar-refractivity contribution in [2.45, 2.75) is 168 Å². The molecule has 0 saturated carbocycles. The third-order valence-electron chi connectivity index (χ3n) is 10.8. The molecule has 9 rings (SSSR count). The quantitative estimate of drug-likeness (QED) is 0.00673. The van der Waals surface area contributed by atoms with E-state index >= 15 is 0 Å². The van der Waals surface area contributed by atoms with E-state index in [1.54, 1.807) is 94.2 Å². The largest absolute Gasteiger partial charge is 0.395 e. The van der Waals surface area contributed by atoms with Crippen molar-refractivity contribution in [3.05, 3.63) is 150 Å². The minimum atomic E-state index is -3.71. The van der Waals surface area contributed by atoms with Gasteiger partial charge < -0.3 is 11.1 Å². The van der Waals surface area contributed by atoms with Gasteiger partial charge in [0.15, 0.2) is 21.0 Å². The maximum Gasteiger partial charge on any atom is 0.326 e. The maximum atomic E-state index is 12.3. The predicted octanol–water partition coefficient (Wildman–Crippen LogP) is 18.6. The monoisotopic (exact) mass is 2140 g/mol. The molecule has 0 saturated heterocycles. The summed E-state index contributed by atoms with van der Waals surface area (Å²) in [6.07, 6.45) is 22.8. The second-order valence-corrected chi connectivity index (χ2v) is 33.0. The summed E-state index contributed by atoms with van der Waals surface area (Å²) in [5, 5.41) is 81.8. The summed E-state index contributed by atoms with van der Waals surface area (Å²) in [6, 6.07) is 0. The smallest absolute Gasteiger partial charge is 0.326 e. The fourth-order valence-electron chi connectivity index (χ4n) is 6.12. The number of nitrogen functional groups attached to an aromatic ring is 1. The summed E-state index contributed by atoms with van der Waals surface area (Å²) < 4.78 is 79.3. The number of sulfone groups is 3. The molecular formula is C63H120Cl6IN25O16S10. The van der Waals surface area contributed by atoms with Crippen molar-refractivity contribution in [1.82, 2.24) is 88.8 Å². The van der Waals surface area contributed by atoms with Crippen LogP contribution in [0.1, 0.15) is 121 Å². The summed E-state index contributed by atoms with van der Waals surface area (Å²) in [6.45, 7) is 17.3. The van der Waals surface area contributed by atoms with Crippen LogP contribution in [0.25, 0.3) is 0 Å². The lowest BCUT2D eigenvalue weighted by molar-refractivity contribution is -0.388. The van der Waals surface area contributed by atoms with E-state index in [1.807, 2.05) is 32.6 Å². The fraction of sp³-hybridized carbons (Fsp3) is 0.540. The SMILES string of the molecule is C.C.C.C.C.C.C.CC(C)S.CC(C)S(=O)(=O)c1nn(C)cc1N.CC(C)S(=O)(=O)c1nn(C)cc1Nc1nc(Cl)ncc1Cl.CC(C)S(=O)(=O)c1nn(C)cc1[N+](=O)[O-].CC(C)Sc1nn(C)cc1[N+](=O)[O-].CI.CS.CS.CS.CS.CS.Clc1ncc(Cl)c(Cl)n1.Cn1cc([N+](=O)[O-])c(Cl)n1.Cn1cc([N+](=O)[O-])cn1.O=[N+]([O-])c1cn[nH]c1. The van der Waals surface area contributed by atoms with Crippen molar-refractivity contribution >= 4 is 255 Å². The van der Waals surface area contributed by atoms with Crippen LogP contribution in [-0.2, 0) is 71.8 Å². The molecule has 0 aliphatic rings. The molecule has 0 aliphatic heterocycles. The minimum absolute atomic E-state index is 0. The number of aromatic nitrogens is 18. The zero-order valence-electron chi connectivity index (χ0n) is 65.1. The molecule has 0 amide bonds. The molecular weight excluding hydrogens is 2020 g/mol. The van der Waals surface area contributed by atoms with E-state index in [2.05, 4.69) is 164 Å². The number of rotatable bonds is 15. The maximum absolute atomic E-state index is 12.3. The summed E-state index contributed by atoms with van der Waals surface area (Å²) in [4.78, 5) is 65.1. The first-order valence-corrected chi connectivity index (χ1v) is 45.6. The van der Waals surface area contributed by atoms with E-state index in [4.69, 9.17) is 75.3 Å². The van der Waals surface area contributed by atoms with Crippen molar-refractivity contribution in [3.63, 3.8) is 0 Å². The van der Waals surface area contributed by atoms with Crippen molar-refractivity contribution in [3.8, 4) is 0 Å². The van der Waals surface area contributed by atoms with Crippen molar-refractivity contribution < 1.29 is 49.9 Å². The number of nitrogens with zero attached hydrogens (tertiary/aromatic N) is 22. The predicted molar refractivity (Wildman–Crippen MR) is 527 cm³/mol. The zero-order valence-corrected chi connectivity index (χ0v) is 80.5. The highest BCUT2D eigenvalue weighted by molar-refractivity contribution is 14.1. The Morgan fingerprint density at radius 1 is 0.455 bits per heavy atom. The van der Waals surface area contributed by atoms with Gasteiger partial charge >= 0.3 is 28.4 Å². The number of hydrogen-bond acceptors (Lipinski definition) is 36. The molecule has 9 aromatic rings. The molecule has 9 aromatic heterocycles. The summed E-state index contributed by atoms with van der Waals surface area (Å²) in [5.41, 5.74) is 5.45. The Labute approximate surface area is 793 Å². The number of halogens is 7.